The highest BCUT2D eigenvalue weighted by atomic mass is 16.5. The summed E-state index contributed by atoms with van der Waals surface area (Å²) in [7, 11) is 0. The van der Waals surface area contributed by atoms with Crippen molar-refractivity contribution in [3.05, 3.63) is 29.8 Å². The number of benzene rings is 1. The van der Waals surface area contributed by atoms with Crippen LogP contribution in [0.3, 0.4) is 0 Å². The second-order valence-electron chi connectivity index (χ2n) is 6.33. The first-order valence-corrected chi connectivity index (χ1v) is 7.50. The molecule has 3 heteroatoms. The fraction of sp³-hybridized carbons (Fsp3) is 0.625. The standard InChI is InChI=1S/C16H22N2O/c1-11-15-8-17-7-13(15)9-18(11)10-14-6-12-4-2-3-5-16(12)19-14/h2-5,11,13-15,17H,6-10H2,1H3. The molecule has 2 saturated heterocycles. The van der Waals surface area contributed by atoms with Crippen molar-refractivity contribution in [2.75, 3.05) is 26.2 Å². The molecule has 0 saturated carbocycles. The largest absolute Gasteiger partial charge is 0.488 e. The van der Waals surface area contributed by atoms with Gasteiger partial charge in [-0.25, -0.2) is 0 Å². The van der Waals surface area contributed by atoms with Crippen molar-refractivity contribution in [1.29, 1.82) is 0 Å². The van der Waals surface area contributed by atoms with Gasteiger partial charge in [0.25, 0.3) is 0 Å². The molecule has 3 aliphatic rings. The lowest BCUT2D eigenvalue weighted by Crippen LogP contribution is -2.40. The highest BCUT2D eigenvalue weighted by Crippen LogP contribution is 2.34. The molecule has 1 aromatic carbocycles. The quantitative estimate of drug-likeness (QED) is 0.870. The van der Waals surface area contributed by atoms with Gasteiger partial charge in [0.2, 0.25) is 0 Å². The number of hydrogen-bond donors (Lipinski definition) is 1. The molecule has 3 nitrogen and oxygen atoms in total. The second kappa shape index (κ2) is 4.50. The zero-order valence-corrected chi connectivity index (χ0v) is 11.5. The third-order valence-electron chi connectivity index (χ3n) is 5.21. The minimum absolute atomic E-state index is 0.353. The van der Waals surface area contributed by atoms with E-state index in [1.807, 2.05) is 0 Å². The predicted molar refractivity (Wildman–Crippen MR) is 75.4 cm³/mol. The van der Waals surface area contributed by atoms with E-state index >= 15 is 0 Å². The topological polar surface area (TPSA) is 24.5 Å². The minimum Gasteiger partial charge on any atom is -0.488 e. The number of ether oxygens (including phenoxy) is 1. The van der Waals surface area contributed by atoms with Gasteiger partial charge in [-0.2, -0.15) is 0 Å². The lowest BCUT2D eigenvalue weighted by Gasteiger charge is -2.26. The summed E-state index contributed by atoms with van der Waals surface area (Å²) in [6.45, 7) is 7.13. The number of likely N-dealkylation sites (tertiary alicyclic amines) is 1. The van der Waals surface area contributed by atoms with Crippen molar-refractivity contribution in [3.63, 3.8) is 0 Å². The molecule has 3 heterocycles. The molecule has 0 aliphatic carbocycles. The molecule has 19 heavy (non-hydrogen) atoms. The SMILES string of the molecule is CC1C2CNCC2CN1CC1Cc2ccccc2O1. The van der Waals surface area contributed by atoms with Crippen LogP contribution < -0.4 is 10.1 Å². The fourth-order valence-corrected chi connectivity index (χ4v) is 4.11. The normalized spacial score (nSPS) is 37.1. The number of fused-ring (bicyclic) bond motifs is 2. The predicted octanol–water partition coefficient (Wildman–Crippen LogP) is 1.53. The Morgan fingerprint density at radius 3 is 3.05 bits per heavy atom. The Balaban J connectivity index is 1.41. The van der Waals surface area contributed by atoms with Crippen LogP contribution in [0.2, 0.25) is 0 Å². The smallest absolute Gasteiger partial charge is 0.123 e. The summed E-state index contributed by atoms with van der Waals surface area (Å²) in [4.78, 5) is 2.65. The first kappa shape index (κ1) is 11.7. The molecule has 1 aromatic rings. The van der Waals surface area contributed by atoms with Gasteiger partial charge in [-0.05, 0) is 43.5 Å². The third kappa shape index (κ3) is 1.96. The first-order valence-electron chi connectivity index (χ1n) is 7.50. The van der Waals surface area contributed by atoms with Gasteiger partial charge in [-0.15, -0.1) is 0 Å². The van der Waals surface area contributed by atoms with Gasteiger partial charge >= 0.3 is 0 Å². The number of hydrogen-bond acceptors (Lipinski definition) is 3. The Morgan fingerprint density at radius 2 is 2.21 bits per heavy atom. The first-order chi connectivity index (χ1) is 9.31. The summed E-state index contributed by atoms with van der Waals surface area (Å²) in [5, 5.41) is 3.53. The Bertz CT molecular complexity index is 451. The summed E-state index contributed by atoms with van der Waals surface area (Å²) in [6, 6.07) is 9.17. The van der Waals surface area contributed by atoms with E-state index in [0.29, 0.717) is 12.1 Å². The van der Waals surface area contributed by atoms with E-state index in [2.05, 4.69) is 41.4 Å². The van der Waals surface area contributed by atoms with Gasteiger partial charge in [0.05, 0.1) is 0 Å². The summed E-state index contributed by atoms with van der Waals surface area (Å²) in [6.07, 6.45) is 1.43. The second-order valence-corrected chi connectivity index (χ2v) is 6.33. The van der Waals surface area contributed by atoms with E-state index in [1.54, 1.807) is 0 Å². The Hall–Kier alpha value is -1.06. The average Bonchev–Trinajstić information content (AvgIpc) is 3.07. The van der Waals surface area contributed by atoms with Crippen LogP contribution in [0.4, 0.5) is 0 Å². The van der Waals surface area contributed by atoms with Crippen LogP contribution in [0.15, 0.2) is 24.3 Å². The van der Waals surface area contributed by atoms with Crippen molar-refractivity contribution in [1.82, 2.24) is 10.2 Å². The number of rotatable bonds is 2. The number of nitrogens with one attached hydrogen (secondary N) is 1. The molecule has 0 radical (unpaired) electrons. The molecule has 3 aliphatic heterocycles. The van der Waals surface area contributed by atoms with Crippen LogP contribution in [-0.2, 0) is 6.42 Å². The Kier molecular flexibility index (Phi) is 2.78. The molecule has 102 valence electrons. The van der Waals surface area contributed by atoms with Gasteiger partial charge in [0.1, 0.15) is 11.9 Å². The third-order valence-corrected chi connectivity index (χ3v) is 5.21. The molecule has 0 amide bonds. The highest BCUT2D eigenvalue weighted by Gasteiger charge is 2.42. The Morgan fingerprint density at radius 1 is 1.32 bits per heavy atom. The lowest BCUT2D eigenvalue weighted by molar-refractivity contribution is 0.137. The van der Waals surface area contributed by atoms with Gasteiger partial charge < -0.3 is 10.1 Å². The van der Waals surface area contributed by atoms with E-state index in [9.17, 15) is 0 Å². The van der Waals surface area contributed by atoms with Crippen LogP contribution in [0.5, 0.6) is 5.75 Å². The van der Waals surface area contributed by atoms with Gasteiger partial charge in [0, 0.05) is 25.6 Å². The molecule has 2 fully saturated rings. The van der Waals surface area contributed by atoms with E-state index in [4.69, 9.17) is 4.74 Å². The van der Waals surface area contributed by atoms with Crippen LogP contribution in [0, 0.1) is 11.8 Å². The van der Waals surface area contributed by atoms with E-state index in [-0.39, 0.29) is 0 Å². The minimum atomic E-state index is 0.353. The van der Waals surface area contributed by atoms with E-state index < -0.39 is 0 Å². The lowest BCUT2D eigenvalue weighted by atomic mass is 9.95. The van der Waals surface area contributed by atoms with Crippen LogP contribution in [0.1, 0.15) is 12.5 Å². The molecule has 4 atom stereocenters. The van der Waals surface area contributed by atoms with Gasteiger partial charge in [0.15, 0.2) is 0 Å². The van der Waals surface area contributed by atoms with Crippen LogP contribution >= 0.6 is 0 Å². The maximum Gasteiger partial charge on any atom is 0.123 e. The summed E-state index contributed by atoms with van der Waals surface area (Å²) >= 11 is 0. The van der Waals surface area contributed by atoms with Crippen molar-refractivity contribution >= 4 is 0 Å². The summed E-state index contributed by atoms with van der Waals surface area (Å²) < 4.78 is 6.08. The molecule has 4 unspecified atom stereocenters. The average molecular weight is 258 g/mol. The summed E-state index contributed by atoms with van der Waals surface area (Å²) in [5.41, 5.74) is 1.38. The monoisotopic (exact) mass is 258 g/mol. The maximum atomic E-state index is 6.08. The molecular formula is C16H22N2O. The molecule has 0 bridgehead atoms. The van der Waals surface area contributed by atoms with Gasteiger partial charge in [-0.3, -0.25) is 4.90 Å². The highest BCUT2D eigenvalue weighted by molar-refractivity contribution is 5.37. The van der Waals surface area contributed by atoms with Gasteiger partial charge in [-0.1, -0.05) is 18.2 Å². The molecular weight excluding hydrogens is 236 g/mol. The molecule has 1 N–H and O–H groups in total. The van der Waals surface area contributed by atoms with Crippen molar-refractivity contribution in [2.45, 2.75) is 25.5 Å². The fourth-order valence-electron chi connectivity index (χ4n) is 4.11. The van der Waals surface area contributed by atoms with Crippen molar-refractivity contribution in [2.24, 2.45) is 11.8 Å². The number of para-hydroxylation sites is 1. The zero-order valence-electron chi connectivity index (χ0n) is 11.5. The van der Waals surface area contributed by atoms with E-state index in [1.165, 1.54) is 25.2 Å². The van der Waals surface area contributed by atoms with Crippen LogP contribution in [0.25, 0.3) is 0 Å². The van der Waals surface area contributed by atoms with E-state index in [0.717, 1.165) is 30.6 Å². The summed E-state index contributed by atoms with van der Waals surface area (Å²) in [5.74, 6) is 2.81. The number of nitrogens with zero attached hydrogens (tertiary/aromatic N) is 1. The molecule has 0 aromatic heterocycles. The van der Waals surface area contributed by atoms with Crippen LogP contribution in [-0.4, -0.2) is 43.2 Å². The van der Waals surface area contributed by atoms with Crippen molar-refractivity contribution in [3.8, 4) is 5.75 Å². The maximum absolute atomic E-state index is 6.08. The molecule has 0 spiro atoms. The zero-order chi connectivity index (χ0) is 12.8. The van der Waals surface area contributed by atoms with Crippen molar-refractivity contribution < 1.29 is 4.74 Å². The Labute approximate surface area is 114 Å². The molecule has 4 rings (SSSR count).